The van der Waals surface area contributed by atoms with Gasteiger partial charge in [0.2, 0.25) is 0 Å². The zero-order valence-electron chi connectivity index (χ0n) is 8.77. The van der Waals surface area contributed by atoms with E-state index in [1.807, 2.05) is 0 Å². The summed E-state index contributed by atoms with van der Waals surface area (Å²) in [6.07, 6.45) is 1.84. The molecule has 1 saturated carbocycles. The van der Waals surface area contributed by atoms with Crippen molar-refractivity contribution in [2.24, 2.45) is 5.73 Å². The third-order valence-electron chi connectivity index (χ3n) is 3.01. The monoisotopic (exact) mass is 243 g/mol. The molecule has 5 heteroatoms. The second-order valence-corrected chi connectivity index (χ2v) is 6.42. The first-order valence-corrected chi connectivity index (χ1v) is 6.80. The van der Waals surface area contributed by atoms with E-state index in [2.05, 4.69) is 0 Å². The van der Waals surface area contributed by atoms with E-state index in [-0.39, 0.29) is 10.9 Å². The molecule has 0 spiro atoms. The molecule has 2 N–H and O–H groups in total. The molecule has 2 unspecified atom stereocenters. The average molecular weight is 243 g/mol. The first-order chi connectivity index (χ1) is 7.50. The summed E-state index contributed by atoms with van der Waals surface area (Å²) in [4.78, 5) is 0.188. The fourth-order valence-electron chi connectivity index (χ4n) is 2.07. The third-order valence-corrected chi connectivity index (χ3v) is 5.24. The quantitative estimate of drug-likeness (QED) is 0.800. The molecule has 0 radical (unpaired) electrons. The van der Waals surface area contributed by atoms with Crippen molar-refractivity contribution in [3.8, 4) is 0 Å². The van der Waals surface area contributed by atoms with E-state index in [1.165, 1.54) is 24.3 Å². The lowest BCUT2D eigenvalue weighted by Crippen LogP contribution is -2.22. The summed E-state index contributed by atoms with van der Waals surface area (Å²) in [5.41, 5.74) is 5.70. The molecule has 2 atom stereocenters. The Kier molecular flexibility index (Phi) is 2.99. The van der Waals surface area contributed by atoms with Crippen LogP contribution in [-0.2, 0) is 9.84 Å². The van der Waals surface area contributed by atoms with E-state index in [4.69, 9.17) is 5.73 Å². The molecule has 0 saturated heterocycles. The highest BCUT2D eigenvalue weighted by molar-refractivity contribution is 7.92. The molecule has 88 valence electrons. The summed E-state index contributed by atoms with van der Waals surface area (Å²) in [5, 5.41) is -0.409. The number of benzene rings is 1. The van der Waals surface area contributed by atoms with Crippen molar-refractivity contribution in [3.05, 3.63) is 30.1 Å². The first kappa shape index (κ1) is 11.5. The molecule has 2 rings (SSSR count). The zero-order valence-corrected chi connectivity index (χ0v) is 9.58. The van der Waals surface area contributed by atoms with Gasteiger partial charge in [-0.05, 0) is 43.5 Å². The maximum Gasteiger partial charge on any atom is 0.181 e. The number of nitrogens with two attached hydrogens (primary N) is 1. The SMILES string of the molecule is NC1CCC(S(=O)(=O)c2ccc(F)cc2)C1. The summed E-state index contributed by atoms with van der Waals surface area (Å²) < 4.78 is 36.9. The van der Waals surface area contributed by atoms with Crippen molar-refractivity contribution in [1.82, 2.24) is 0 Å². The lowest BCUT2D eigenvalue weighted by molar-refractivity contribution is 0.577. The van der Waals surface area contributed by atoms with Gasteiger partial charge >= 0.3 is 0 Å². The Labute approximate surface area is 94.4 Å². The second kappa shape index (κ2) is 4.14. The number of sulfone groups is 1. The highest BCUT2D eigenvalue weighted by atomic mass is 32.2. The van der Waals surface area contributed by atoms with Crippen molar-refractivity contribution in [3.63, 3.8) is 0 Å². The lowest BCUT2D eigenvalue weighted by Gasteiger charge is -2.11. The summed E-state index contributed by atoms with van der Waals surface area (Å²) in [6.45, 7) is 0. The molecule has 0 amide bonds. The van der Waals surface area contributed by atoms with Gasteiger partial charge in [-0.25, -0.2) is 12.8 Å². The molecule has 0 heterocycles. The molecule has 0 aromatic heterocycles. The van der Waals surface area contributed by atoms with Gasteiger partial charge in [-0.15, -0.1) is 0 Å². The van der Waals surface area contributed by atoms with Gasteiger partial charge < -0.3 is 5.73 Å². The minimum absolute atomic E-state index is 0.0276. The largest absolute Gasteiger partial charge is 0.328 e. The molecule has 3 nitrogen and oxygen atoms in total. The average Bonchev–Trinajstić information content (AvgIpc) is 2.66. The van der Waals surface area contributed by atoms with Gasteiger partial charge in [-0.3, -0.25) is 0 Å². The Morgan fingerprint density at radius 3 is 2.31 bits per heavy atom. The zero-order chi connectivity index (χ0) is 11.8. The van der Waals surface area contributed by atoms with Gasteiger partial charge in [-0.1, -0.05) is 0 Å². The molecule has 0 aliphatic heterocycles. The van der Waals surface area contributed by atoms with Crippen LogP contribution in [-0.4, -0.2) is 19.7 Å². The van der Waals surface area contributed by atoms with Gasteiger partial charge in [0.05, 0.1) is 10.1 Å². The number of halogens is 1. The molecule has 0 bridgehead atoms. The van der Waals surface area contributed by atoms with Crippen LogP contribution in [0.1, 0.15) is 19.3 Å². The third kappa shape index (κ3) is 2.10. The second-order valence-electron chi connectivity index (χ2n) is 4.19. The van der Waals surface area contributed by atoms with Crippen LogP contribution in [0.25, 0.3) is 0 Å². The molecule has 1 aromatic carbocycles. The predicted octanol–water partition coefficient (Wildman–Crippen LogP) is 1.48. The van der Waals surface area contributed by atoms with Crippen LogP contribution in [0, 0.1) is 5.82 Å². The van der Waals surface area contributed by atoms with Crippen LogP contribution in [0.2, 0.25) is 0 Å². The molecule has 1 aromatic rings. The topological polar surface area (TPSA) is 60.2 Å². The first-order valence-electron chi connectivity index (χ1n) is 5.25. The van der Waals surface area contributed by atoms with Crippen molar-refractivity contribution in [2.75, 3.05) is 0 Å². The van der Waals surface area contributed by atoms with E-state index in [9.17, 15) is 12.8 Å². The maximum atomic E-state index is 12.7. The highest BCUT2D eigenvalue weighted by Crippen LogP contribution is 2.29. The summed E-state index contributed by atoms with van der Waals surface area (Å²) >= 11 is 0. The van der Waals surface area contributed by atoms with E-state index in [0.717, 1.165) is 6.42 Å². The van der Waals surface area contributed by atoms with E-state index < -0.39 is 20.9 Å². The molecule has 1 aliphatic carbocycles. The minimum atomic E-state index is -3.34. The molecule has 1 fully saturated rings. The highest BCUT2D eigenvalue weighted by Gasteiger charge is 2.33. The van der Waals surface area contributed by atoms with Crippen LogP contribution in [0.3, 0.4) is 0 Å². The van der Waals surface area contributed by atoms with E-state index in [0.29, 0.717) is 12.8 Å². The number of rotatable bonds is 2. The van der Waals surface area contributed by atoms with Crippen molar-refractivity contribution >= 4 is 9.84 Å². The Morgan fingerprint density at radius 2 is 1.81 bits per heavy atom. The van der Waals surface area contributed by atoms with Crippen molar-refractivity contribution < 1.29 is 12.8 Å². The van der Waals surface area contributed by atoms with Crippen LogP contribution >= 0.6 is 0 Å². The number of hydrogen-bond donors (Lipinski definition) is 1. The molecular formula is C11H14FNO2S. The van der Waals surface area contributed by atoms with Crippen LogP contribution in [0.15, 0.2) is 29.2 Å². The Morgan fingerprint density at radius 1 is 1.19 bits per heavy atom. The normalized spacial score (nSPS) is 25.9. The Balaban J connectivity index is 2.29. The standard InChI is InChI=1S/C11H14FNO2S/c12-8-1-4-10(5-2-8)16(14,15)11-6-3-9(13)7-11/h1-2,4-5,9,11H,3,6-7,13H2. The Bertz CT molecular complexity index is 469. The van der Waals surface area contributed by atoms with E-state index >= 15 is 0 Å². The summed E-state index contributed by atoms with van der Waals surface area (Å²) in [5.74, 6) is -0.429. The van der Waals surface area contributed by atoms with Crippen LogP contribution in [0.4, 0.5) is 4.39 Å². The van der Waals surface area contributed by atoms with E-state index in [1.54, 1.807) is 0 Å². The minimum Gasteiger partial charge on any atom is -0.328 e. The van der Waals surface area contributed by atoms with Gasteiger partial charge in [0, 0.05) is 6.04 Å². The van der Waals surface area contributed by atoms with Crippen LogP contribution < -0.4 is 5.73 Å². The maximum absolute atomic E-state index is 12.7. The molecular weight excluding hydrogens is 229 g/mol. The fraction of sp³-hybridized carbons (Fsp3) is 0.455. The lowest BCUT2D eigenvalue weighted by atomic mass is 10.3. The fourth-order valence-corrected chi connectivity index (χ4v) is 3.92. The Hall–Kier alpha value is -0.940. The molecule has 16 heavy (non-hydrogen) atoms. The van der Waals surface area contributed by atoms with Gasteiger partial charge in [0.1, 0.15) is 5.82 Å². The van der Waals surface area contributed by atoms with Crippen molar-refractivity contribution in [2.45, 2.75) is 35.4 Å². The van der Waals surface area contributed by atoms with Crippen molar-refractivity contribution in [1.29, 1.82) is 0 Å². The number of hydrogen-bond acceptors (Lipinski definition) is 3. The smallest absolute Gasteiger partial charge is 0.181 e. The predicted molar refractivity (Wildman–Crippen MR) is 59.2 cm³/mol. The van der Waals surface area contributed by atoms with Gasteiger partial charge in [-0.2, -0.15) is 0 Å². The molecule has 1 aliphatic rings. The van der Waals surface area contributed by atoms with Gasteiger partial charge in [0.15, 0.2) is 9.84 Å². The summed E-state index contributed by atoms with van der Waals surface area (Å²) in [6, 6.07) is 4.94. The summed E-state index contributed by atoms with van der Waals surface area (Å²) in [7, 11) is -3.34. The van der Waals surface area contributed by atoms with Gasteiger partial charge in [0.25, 0.3) is 0 Å². The van der Waals surface area contributed by atoms with Crippen LogP contribution in [0.5, 0.6) is 0 Å².